The average Bonchev–Trinajstić information content (AvgIpc) is 3.24. The van der Waals surface area contributed by atoms with Gasteiger partial charge in [0.05, 0.1) is 23.2 Å². The number of hydrogen-bond donors (Lipinski definition) is 3. The molecule has 0 unspecified atom stereocenters. The van der Waals surface area contributed by atoms with E-state index in [-0.39, 0.29) is 11.8 Å². The first-order valence-electron chi connectivity index (χ1n) is 13.1. The zero-order valence-electron chi connectivity index (χ0n) is 23.2. The second kappa shape index (κ2) is 12.4. The van der Waals surface area contributed by atoms with Gasteiger partial charge < -0.3 is 20.9 Å². The molecule has 0 saturated carbocycles. The van der Waals surface area contributed by atoms with Crippen molar-refractivity contribution in [2.75, 3.05) is 54.9 Å². The van der Waals surface area contributed by atoms with Crippen LogP contribution in [0.1, 0.15) is 34.8 Å². The topological polar surface area (TPSA) is 111 Å². The summed E-state index contributed by atoms with van der Waals surface area (Å²) in [6, 6.07) is 21.8. The minimum absolute atomic E-state index is 0.205. The minimum Gasteiger partial charge on any atom is -0.354 e. The molecule has 10 heteroatoms. The monoisotopic (exact) mass is 561 g/mol. The Hall–Kier alpha value is -4.15. The van der Waals surface area contributed by atoms with Gasteiger partial charge in [-0.2, -0.15) is 0 Å². The molecule has 0 aliphatic carbocycles. The Morgan fingerprint density at radius 2 is 1.62 bits per heavy atom. The number of nitrogens with zero attached hydrogens (tertiary/aromatic N) is 2. The van der Waals surface area contributed by atoms with E-state index in [2.05, 4.69) is 16.0 Å². The molecule has 1 aliphatic rings. The Bertz CT molecular complexity index is 1520. The lowest BCUT2D eigenvalue weighted by Crippen LogP contribution is -2.32. The quantitative estimate of drug-likeness (QED) is 0.304. The summed E-state index contributed by atoms with van der Waals surface area (Å²) >= 11 is 0. The summed E-state index contributed by atoms with van der Waals surface area (Å²) in [4.78, 5) is 27.6. The highest BCUT2D eigenvalue weighted by Gasteiger charge is 2.29. The fraction of sp³-hybridized carbons (Fsp3) is 0.267. The molecule has 3 aromatic rings. The van der Waals surface area contributed by atoms with Crippen LogP contribution in [0.25, 0.3) is 11.3 Å². The van der Waals surface area contributed by atoms with Gasteiger partial charge in [0, 0.05) is 35.6 Å². The average molecular weight is 562 g/mol. The molecule has 2 amide bonds. The highest BCUT2D eigenvalue weighted by Crippen LogP contribution is 2.38. The molecule has 0 bridgehead atoms. The van der Waals surface area contributed by atoms with Crippen molar-refractivity contribution >= 4 is 50.2 Å². The largest absolute Gasteiger partial charge is 0.354 e. The number of carbonyl (C=O) groups is 2. The summed E-state index contributed by atoms with van der Waals surface area (Å²) in [5.41, 5.74) is 4.84. The first-order valence-corrected chi connectivity index (χ1v) is 15.0. The van der Waals surface area contributed by atoms with Gasteiger partial charge in [0.25, 0.3) is 11.8 Å². The SMILES string of the molecule is CCNC(=O)c1ccc2c(c1)NC(=O)C2=C(Nc1ccc(N(CCCN(C)C)S(C)(=O)=O)cc1)c1ccccc1. The van der Waals surface area contributed by atoms with Crippen molar-refractivity contribution in [2.24, 2.45) is 0 Å². The van der Waals surface area contributed by atoms with Crippen LogP contribution in [0.15, 0.2) is 72.8 Å². The maximum atomic E-state index is 13.3. The maximum absolute atomic E-state index is 13.3. The van der Waals surface area contributed by atoms with E-state index in [0.29, 0.717) is 59.0 Å². The first kappa shape index (κ1) is 28.8. The van der Waals surface area contributed by atoms with Crippen molar-refractivity contribution < 1.29 is 18.0 Å². The van der Waals surface area contributed by atoms with Crippen LogP contribution < -0.4 is 20.3 Å². The van der Waals surface area contributed by atoms with Gasteiger partial charge in [0.1, 0.15) is 0 Å². The Labute approximate surface area is 235 Å². The molecule has 0 spiro atoms. The highest BCUT2D eigenvalue weighted by molar-refractivity contribution is 7.92. The molecular weight excluding hydrogens is 526 g/mol. The van der Waals surface area contributed by atoms with E-state index in [1.807, 2.05) is 56.3 Å². The van der Waals surface area contributed by atoms with Gasteiger partial charge in [-0.05, 0) is 75.9 Å². The predicted molar refractivity (Wildman–Crippen MR) is 162 cm³/mol. The smallest absolute Gasteiger partial charge is 0.258 e. The standard InChI is InChI=1S/C30H35N5O4S/c1-5-31-29(36)22-12-17-25-26(20-22)33-30(37)27(25)28(21-10-7-6-8-11-21)32-23-13-15-24(16-14-23)35(40(4,38)39)19-9-18-34(2)3/h6-8,10-17,20,32H,5,9,18-19H2,1-4H3,(H,31,36)(H,33,37). The lowest BCUT2D eigenvalue weighted by Gasteiger charge is -2.23. The highest BCUT2D eigenvalue weighted by atomic mass is 32.2. The van der Waals surface area contributed by atoms with Gasteiger partial charge in [-0.1, -0.05) is 36.4 Å². The number of nitrogens with one attached hydrogen (secondary N) is 3. The van der Waals surface area contributed by atoms with E-state index in [1.165, 1.54) is 10.6 Å². The first-order chi connectivity index (χ1) is 19.1. The molecule has 0 fully saturated rings. The van der Waals surface area contributed by atoms with E-state index in [1.54, 1.807) is 42.5 Å². The van der Waals surface area contributed by atoms with Crippen LogP contribution in [0.4, 0.5) is 17.1 Å². The third kappa shape index (κ3) is 6.70. The van der Waals surface area contributed by atoms with E-state index in [0.717, 1.165) is 12.1 Å². The fourth-order valence-corrected chi connectivity index (χ4v) is 5.55. The number of carbonyl (C=O) groups excluding carboxylic acids is 2. The molecular formula is C30H35N5O4S. The molecule has 3 aromatic carbocycles. The number of hydrogen-bond acceptors (Lipinski definition) is 6. The minimum atomic E-state index is -3.46. The van der Waals surface area contributed by atoms with E-state index < -0.39 is 10.0 Å². The molecule has 3 N–H and O–H groups in total. The maximum Gasteiger partial charge on any atom is 0.258 e. The van der Waals surface area contributed by atoms with Crippen molar-refractivity contribution in [3.05, 3.63) is 89.5 Å². The van der Waals surface area contributed by atoms with Crippen molar-refractivity contribution in [2.45, 2.75) is 13.3 Å². The number of fused-ring (bicyclic) bond motifs is 1. The second-order valence-corrected chi connectivity index (χ2v) is 11.8. The Kier molecular flexibility index (Phi) is 8.91. The van der Waals surface area contributed by atoms with Crippen molar-refractivity contribution in [1.29, 1.82) is 0 Å². The third-order valence-electron chi connectivity index (χ3n) is 6.47. The zero-order chi connectivity index (χ0) is 28.9. The number of amides is 2. The molecule has 1 heterocycles. The molecule has 0 saturated heterocycles. The van der Waals surface area contributed by atoms with Gasteiger partial charge in [-0.15, -0.1) is 0 Å². The lowest BCUT2D eigenvalue weighted by atomic mass is 9.99. The summed E-state index contributed by atoms with van der Waals surface area (Å²) in [5.74, 6) is -0.488. The number of sulfonamides is 1. The Morgan fingerprint density at radius 3 is 2.25 bits per heavy atom. The predicted octanol–water partition coefficient (Wildman–Crippen LogP) is 4.09. The molecule has 0 radical (unpaired) electrons. The van der Waals surface area contributed by atoms with Crippen molar-refractivity contribution in [1.82, 2.24) is 10.2 Å². The van der Waals surface area contributed by atoms with E-state index in [9.17, 15) is 18.0 Å². The van der Waals surface area contributed by atoms with Crippen LogP contribution >= 0.6 is 0 Å². The Morgan fingerprint density at radius 1 is 0.925 bits per heavy atom. The fourth-order valence-electron chi connectivity index (χ4n) is 4.58. The van der Waals surface area contributed by atoms with Crippen LogP contribution in [0, 0.1) is 0 Å². The van der Waals surface area contributed by atoms with Crippen LogP contribution in [-0.2, 0) is 14.8 Å². The normalized spacial score (nSPS) is 14.0. The molecule has 0 atom stereocenters. The van der Waals surface area contributed by atoms with Crippen molar-refractivity contribution in [3.8, 4) is 0 Å². The summed E-state index contributed by atoms with van der Waals surface area (Å²) < 4.78 is 26.4. The zero-order valence-corrected chi connectivity index (χ0v) is 24.0. The van der Waals surface area contributed by atoms with Gasteiger partial charge in [0.2, 0.25) is 10.0 Å². The van der Waals surface area contributed by atoms with Gasteiger partial charge in [-0.3, -0.25) is 13.9 Å². The van der Waals surface area contributed by atoms with Crippen LogP contribution in [0.5, 0.6) is 0 Å². The van der Waals surface area contributed by atoms with Crippen LogP contribution in [0.3, 0.4) is 0 Å². The molecule has 4 rings (SSSR count). The van der Waals surface area contributed by atoms with Crippen LogP contribution in [0.2, 0.25) is 0 Å². The number of benzene rings is 3. The summed E-state index contributed by atoms with van der Waals surface area (Å²) in [7, 11) is 0.449. The van der Waals surface area contributed by atoms with Crippen LogP contribution in [-0.4, -0.2) is 65.1 Å². The number of anilines is 3. The summed E-state index contributed by atoms with van der Waals surface area (Å²) in [5, 5.41) is 9.06. The molecule has 1 aliphatic heterocycles. The molecule has 210 valence electrons. The molecule has 0 aromatic heterocycles. The van der Waals surface area contributed by atoms with Gasteiger partial charge in [-0.25, -0.2) is 8.42 Å². The van der Waals surface area contributed by atoms with E-state index >= 15 is 0 Å². The number of rotatable bonds is 11. The molecule has 40 heavy (non-hydrogen) atoms. The van der Waals surface area contributed by atoms with Crippen molar-refractivity contribution in [3.63, 3.8) is 0 Å². The third-order valence-corrected chi connectivity index (χ3v) is 7.66. The summed E-state index contributed by atoms with van der Waals surface area (Å²) in [6.07, 6.45) is 1.90. The van der Waals surface area contributed by atoms with Gasteiger partial charge >= 0.3 is 0 Å². The second-order valence-electron chi connectivity index (χ2n) is 9.85. The van der Waals surface area contributed by atoms with E-state index in [4.69, 9.17) is 0 Å². The lowest BCUT2D eigenvalue weighted by molar-refractivity contribution is -0.110. The van der Waals surface area contributed by atoms with Gasteiger partial charge in [0.15, 0.2) is 0 Å². The Balaban J connectivity index is 1.69. The summed E-state index contributed by atoms with van der Waals surface area (Å²) in [6.45, 7) is 3.50. The molecule has 9 nitrogen and oxygen atoms in total.